The molecule has 26 heavy (non-hydrogen) atoms. The highest BCUT2D eigenvalue weighted by molar-refractivity contribution is 7.19. The number of fused-ring (bicyclic) bond motifs is 3. The van der Waals surface area contributed by atoms with E-state index >= 15 is 0 Å². The molecule has 0 amide bonds. The van der Waals surface area contributed by atoms with Crippen molar-refractivity contribution in [3.63, 3.8) is 0 Å². The second kappa shape index (κ2) is 7.37. The van der Waals surface area contributed by atoms with Crippen molar-refractivity contribution in [1.82, 2.24) is 4.98 Å². The molecule has 4 rings (SSSR count). The number of hydrogen-bond donors (Lipinski definition) is 0. The molecule has 0 radical (unpaired) electrons. The average Bonchev–Trinajstić information content (AvgIpc) is 3.05. The number of aryl methyl sites for hydroxylation is 2. The number of pyridine rings is 1. The van der Waals surface area contributed by atoms with Crippen LogP contribution in [0.3, 0.4) is 0 Å². The SMILES string of the molecule is CCOC(=O)c1c(CCl)nc2sc3c(c2c1-c1ccccc1)CCCC3. The Morgan fingerprint density at radius 3 is 2.73 bits per heavy atom. The molecule has 0 atom stereocenters. The van der Waals surface area contributed by atoms with Gasteiger partial charge >= 0.3 is 5.97 Å². The van der Waals surface area contributed by atoms with Crippen LogP contribution in [0.4, 0.5) is 0 Å². The van der Waals surface area contributed by atoms with E-state index in [1.165, 1.54) is 23.3 Å². The molecule has 0 fully saturated rings. The van der Waals surface area contributed by atoms with Crippen molar-refractivity contribution in [2.45, 2.75) is 38.5 Å². The molecule has 0 unspecified atom stereocenters. The smallest absolute Gasteiger partial charge is 0.340 e. The minimum atomic E-state index is -0.341. The fraction of sp³-hybridized carbons (Fsp3) is 0.333. The molecule has 2 aromatic heterocycles. The summed E-state index contributed by atoms with van der Waals surface area (Å²) >= 11 is 7.95. The summed E-state index contributed by atoms with van der Waals surface area (Å²) in [5.41, 5.74) is 4.43. The van der Waals surface area contributed by atoms with Crippen LogP contribution in [0.15, 0.2) is 30.3 Å². The van der Waals surface area contributed by atoms with Crippen LogP contribution in [0.25, 0.3) is 21.3 Å². The first kappa shape index (κ1) is 17.5. The Kier molecular flexibility index (Phi) is 4.96. The number of rotatable bonds is 4. The standard InChI is InChI=1S/C21H20ClNO2S/c1-2-25-21(24)19-15(12-22)23-20-18(14-10-6-7-11-16(14)26-20)17(19)13-8-4-3-5-9-13/h3-5,8-9H,2,6-7,10-12H2,1H3. The summed E-state index contributed by atoms with van der Waals surface area (Å²) in [5, 5.41) is 1.12. The van der Waals surface area contributed by atoms with Gasteiger partial charge in [-0.1, -0.05) is 30.3 Å². The Hall–Kier alpha value is -1.91. The predicted molar refractivity (Wildman–Crippen MR) is 107 cm³/mol. The van der Waals surface area contributed by atoms with Crippen molar-refractivity contribution in [3.05, 3.63) is 52.0 Å². The van der Waals surface area contributed by atoms with E-state index in [-0.39, 0.29) is 11.8 Å². The van der Waals surface area contributed by atoms with Gasteiger partial charge in [0, 0.05) is 15.8 Å². The summed E-state index contributed by atoms with van der Waals surface area (Å²) < 4.78 is 5.37. The summed E-state index contributed by atoms with van der Waals surface area (Å²) in [6, 6.07) is 10.1. The van der Waals surface area contributed by atoms with Gasteiger partial charge in [-0.15, -0.1) is 22.9 Å². The highest BCUT2D eigenvalue weighted by Gasteiger charge is 2.27. The van der Waals surface area contributed by atoms with Gasteiger partial charge in [-0.3, -0.25) is 0 Å². The molecule has 0 bridgehead atoms. The maximum Gasteiger partial charge on any atom is 0.340 e. The molecule has 1 aromatic carbocycles. The van der Waals surface area contributed by atoms with Crippen LogP contribution in [0.2, 0.25) is 0 Å². The minimum Gasteiger partial charge on any atom is -0.462 e. The Bertz CT molecular complexity index is 965. The normalized spacial score (nSPS) is 13.6. The van der Waals surface area contributed by atoms with Crippen molar-refractivity contribution in [3.8, 4) is 11.1 Å². The molecular formula is C21H20ClNO2S. The number of carbonyl (C=O) groups excluding carboxylic acids is 1. The van der Waals surface area contributed by atoms with E-state index in [4.69, 9.17) is 21.3 Å². The van der Waals surface area contributed by atoms with Crippen LogP contribution < -0.4 is 0 Å². The lowest BCUT2D eigenvalue weighted by atomic mass is 9.90. The first-order valence-electron chi connectivity index (χ1n) is 9.00. The van der Waals surface area contributed by atoms with E-state index in [0.29, 0.717) is 17.9 Å². The van der Waals surface area contributed by atoms with Gasteiger partial charge in [0.1, 0.15) is 4.83 Å². The largest absolute Gasteiger partial charge is 0.462 e. The summed E-state index contributed by atoms with van der Waals surface area (Å²) in [6.45, 7) is 2.15. The molecule has 5 heteroatoms. The lowest BCUT2D eigenvalue weighted by Crippen LogP contribution is -2.12. The number of aromatic nitrogens is 1. The minimum absolute atomic E-state index is 0.187. The van der Waals surface area contributed by atoms with Crippen LogP contribution in [-0.4, -0.2) is 17.6 Å². The number of thiophene rings is 1. The van der Waals surface area contributed by atoms with Gasteiger partial charge in [0.25, 0.3) is 0 Å². The molecule has 3 nitrogen and oxygen atoms in total. The first-order valence-corrected chi connectivity index (χ1v) is 10.3. The number of hydrogen-bond acceptors (Lipinski definition) is 4. The van der Waals surface area contributed by atoms with E-state index < -0.39 is 0 Å². The zero-order valence-corrected chi connectivity index (χ0v) is 16.3. The lowest BCUT2D eigenvalue weighted by Gasteiger charge is -2.16. The molecular weight excluding hydrogens is 366 g/mol. The zero-order valence-electron chi connectivity index (χ0n) is 14.7. The molecule has 1 aliphatic rings. The third kappa shape index (κ3) is 2.91. The summed E-state index contributed by atoms with van der Waals surface area (Å²) in [6.07, 6.45) is 4.53. The summed E-state index contributed by atoms with van der Waals surface area (Å²) in [5.74, 6) is -0.154. The van der Waals surface area contributed by atoms with E-state index in [1.54, 1.807) is 11.3 Å². The van der Waals surface area contributed by atoms with Crippen LogP contribution in [0, 0.1) is 0 Å². The van der Waals surface area contributed by atoms with E-state index in [0.717, 1.165) is 34.2 Å². The Labute approximate surface area is 162 Å². The van der Waals surface area contributed by atoms with Crippen LogP contribution in [0.5, 0.6) is 0 Å². The van der Waals surface area contributed by atoms with Gasteiger partial charge in [0.05, 0.1) is 23.7 Å². The highest BCUT2D eigenvalue weighted by atomic mass is 35.5. The fourth-order valence-electron chi connectivity index (χ4n) is 3.75. The number of halogens is 1. The Morgan fingerprint density at radius 1 is 1.23 bits per heavy atom. The molecule has 1 aliphatic carbocycles. The number of ether oxygens (including phenoxy) is 1. The van der Waals surface area contributed by atoms with Crippen molar-refractivity contribution in [2.24, 2.45) is 0 Å². The monoisotopic (exact) mass is 385 g/mol. The third-order valence-corrected chi connectivity index (χ3v) is 6.29. The van der Waals surface area contributed by atoms with Gasteiger partial charge in [-0.05, 0) is 43.7 Å². The second-order valence-electron chi connectivity index (χ2n) is 6.42. The fourth-order valence-corrected chi connectivity index (χ4v) is 5.23. The van der Waals surface area contributed by atoms with Crippen molar-refractivity contribution < 1.29 is 9.53 Å². The lowest BCUT2D eigenvalue weighted by molar-refractivity contribution is 0.0526. The molecule has 2 heterocycles. The van der Waals surface area contributed by atoms with Gasteiger partial charge in [-0.25, -0.2) is 9.78 Å². The molecule has 0 spiro atoms. The van der Waals surface area contributed by atoms with Gasteiger partial charge in [0.15, 0.2) is 0 Å². The number of alkyl halides is 1. The second-order valence-corrected chi connectivity index (χ2v) is 7.77. The summed E-state index contributed by atoms with van der Waals surface area (Å²) in [4.78, 5) is 20.0. The highest BCUT2D eigenvalue weighted by Crippen LogP contribution is 2.43. The summed E-state index contributed by atoms with van der Waals surface area (Å²) in [7, 11) is 0. The quantitative estimate of drug-likeness (QED) is 0.423. The van der Waals surface area contributed by atoms with Crippen LogP contribution in [-0.2, 0) is 23.5 Å². The number of benzene rings is 1. The maximum absolute atomic E-state index is 12.8. The van der Waals surface area contributed by atoms with Crippen molar-refractivity contribution in [1.29, 1.82) is 0 Å². The van der Waals surface area contributed by atoms with E-state index in [9.17, 15) is 4.79 Å². The van der Waals surface area contributed by atoms with Crippen molar-refractivity contribution in [2.75, 3.05) is 6.61 Å². The predicted octanol–water partition coefficient (Wildman–Crippen LogP) is 5.76. The van der Waals surface area contributed by atoms with Crippen LogP contribution >= 0.6 is 22.9 Å². The Balaban J connectivity index is 2.11. The molecule has 3 aromatic rings. The molecule has 0 N–H and O–H groups in total. The molecule has 134 valence electrons. The van der Waals surface area contributed by atoms with E-state index in [2.05, 4.69) is 0 Å². The average molecular weight is 386 g/mol. The first-order chi connectivity index (χ1) is 12.7. The molecule has 0 aliphatic heterocycles. The van der Waals surface area contributed by atoms with Gasteiger partial charge in [0.2, 0.25) is 0 Å². The van der Waals surface area contributed by atoms with E-state index in [1.807, 2.05) is 37.3 Å². The zero-order chi connectivity index (χ0) is 18.1. The number of esters is 1. The van der Waals surface area contributed by atoms with Gasteiger partial charge in [-0.2, -0.15) is 0 Å². The molecule has 0 saturated carbocycles. The van der Waals surface area contributed by atoms with Crippen LogP contribution in [0.1, 0.15) is 46.3 Å². The molecule has 0 saturated heterocycles. The number of carbonyl (C=O) groups is 1. The van der Waals surface area contributed by atoms with Crippen molar-refractivity contribution >= 4 is 39.1 Å². The topological polar surface area (TPSA) is 39.2 Å². The van der Waals surface area contributed by atoms with Gasteiger partial charge < -0.3 is 4.74 Å². The third-order valence-electron chi connectivity index (χ3n) is 4.85. The number of nitrogens with zero attached hydrogens (tertiary/aromatic N) is 1. The maximum atomic E-state index is 12.8. The Morgan fingerprint density at radius 2 is 2.00 bits per heavy atom.